The fourth-order valence-electron chi connectivity index (χ4n) is 11.4. The van der Waals surface area contributed by atoms with Gasteiger partial charge in [0.05, 0.1) is 5.41 Å². The molecule has 0 fully saturated rings. The van der Waals surface area contributed by atoms with Gasteiger partial charge in [-0.15, -0.1) is 0 Å². The zero-order chi connectivity index (χ0) is 42.6. The van der Waals surface area contributed by atoms with E-state index >= 15 is 0 Å². The molecule has 0 N–H and O–H groups in total. The van der Waals surface area contributed by atoms with Crippen molar-refractivity contribution in [2.75, 3.05) is 0 Å². The Labute approximate surface area is 376 Å². The lowest BCUT2D eigenvalue weighted by Crippen LogP contribution is -2.25. The van der Waals surface area contributed by atoms with Gasteiger partial charge in [0.2, 0.25) is 0 Å². The van der Waals surface area contributed by atoms with Crippen LogP contribution >= 0.6 is 0 Å². The van der Waals surface area contributed by atoms with E-state index in [4.69, 9.17) is 15.0 Å². The van der Waals surface area contributed by atoms with Crippen LogP contribution < -0.4 is 0 Å². The smallest absolute Gasteiger partial charge is 0.164 e. The summed E-state index contributed by atoms with van der Waals surface area (Å²) in [5.41, 5.74) is 15.1. The molecule has 65 heavy (non-hydrogen) atoms. The van der Waals surface area contributed by atoms with Gasteiger partial charge < -0.3 is 0 Å². The Kier molecular flexibility index (Phi) is 7.61. The Morgan fingerprint density at radius 3 is 1.22 bits per heavy atom. The first-order chi connectivity index (χ1) is 32.2. The molecule has 0 unspecified atom stereocenters. The molecule has 12 aromatic rings. The second-order valence-corrected chi connectivity index (χ2v) is 17.4. The van der Waals surface area contributed by atoms with Gasteiger partial charge in [-0.3, -0.25) is 0 Å². The molecular formula is C62H37N3. The van der Waals surface area contributed by atoms with Gasteiger partial charge in [0.15, 0.2) is 17.5 Å². The molecule has 2 aliphatic rings. The minimum atomic E-state index is -0.407. The molecule has 1 aromatic heterocycles. The van der Waals surface area contributed by atoms with E-state index in [0.29, 0.717) is 17.5 Å². The number of rotatable bonds is 4. The monoisotopic (exact) mass is 823 g/mol. The molecule has 0 radical (unpaired) electrons. The molecule has 0 saturated carbocycles. The van der Waals surface area contributed by atoms with Gasteiger partial charge in [-0.2, -0.15) is 0 Å². The molecule has 0 aliphatic heterocycles. The predicted octanol–water partition coefficient (Wildman–Crippen LogP) is 15.5. The van der Waals surface area contributed by atoms with Crippen molar-refractivity contribution >= 4 is 43.1 Å². The summed E-state index contributed by atoms with van der Waals surface area (Å²) >= 11 is 0. The van der Waals surface area contributed by atoms with E-state index in [1.54, 1.807) is 0 Å². The highest BCUT2D eigenvalue weighted by atomic mass is 15.0. The van der Waals surface area contributed by atoms with Gasteiger partial charge in [0, 0.05) is 16.7 Å². The van der Waals surface area contributed by atoms with Crippen molar-refractivity contribution < 1.29 is 0 Å². The third kappa shape index (κ3) is 5.09. The number of fused-ring (bicyclic) bond motifs is 18. The Morgan fingerprint density at radius 1 is 0.231 bits per heavy atom. The maximum absolute atomic E-state index is 5.28. The minimum Gasteiger partial charge on any atom is -0.208 e. The quantitative estimate of drug-likeness (QED) is 0.166. The average molecular weight is 824 g/mol. The molecule has 14 rings (SSSR count). The van der Waals surface area contributed by atoms with E-state index in [-0.39, 0.29) is 0 Å². The topological polar surface area (TPSA) is 38.7 Å². The average Bonchev–Trinajstić information content (AvgIpc) is 3.85. The fourth-order valence-corrected chi connectivity index (χ4v) is 11.4. The Bertz CT molecular complexity index is 3900. The van der Waals surface area contributed by atoms with Crippen molar-refractivity contribution in [2.45, 2.75) is 5.41 Å². The zero-order valence-corrected chi connectivity index (χ0v) is 35.2. The summed E-state index contributed by atoms with van der Waals surface area (Å²) < 4.78 is 0. The standard InChI is InChI=1S/C62H37N3/c1-2-16-39(17-3-1)59-63-60(40-32-30-38(31-33-40)51-37-53-44-20-5-4-18-42(44)43-19-6-8-25-49(43)58(53)50-26-9-7-21-45(50)51)65-61(64-59)41-34-35-57-52(36-41)48-24-12-15-29-56(48)62(57)54-27-13-10-22-46(54)47-23-11-14-28-55(47)62/h1-37H. The summed E-state index contributed by atoms with van der Waals surface area (Å²) in [7, 11) is 0. The van der Waals surface area contributed by atoms with Crippen LogP contribution in [-0.4, -0.2) is 15.0 Å². The van der Waals surface area contributed by atoms with Gasteiger partial charge >= 0.3 is 0 Å². The van der Waals surface area contributed by atoms with E-state index in [1.165, 1.54) is 93.2 Å². The number of hydrogen-bond donors (Lipinski definition) is 0. The minimum absolute atomic E-state index is 0.407. The van der Waals surface area contributed by atoms with Crippen LogP contribution in [0, 0.1) is 0 Å². The molecule has 0 saturated heterocycles. The highest BCUT2D eigenvalue weighted by molar-refractivity contribution is 6.33. The normalized spacial score (nSPS) is 13.0. The molecule has 0 atom stereocenters. The largest absolute Gasteiger partial charge is 0.208 e. The molecule has 0 bridgehead atoms. The Balaban J connectivity index is 0.926. The Morgan fingerprint density at radius 2 is 0.615 bits per heavy atom. The molecule has 300 valence electrons. The maximum atomic E-state index is 5.28. The van der Waals surface area contributed by atoms with Crippen LogP contribution in [0.2, 0.25) is 0 Å². The van der Waals surface area contributed by atoms with Crippen LogP contribution in [-0.2, 0) is 5.41 Å². The van der Waals surface area contributed by atoms with Crippen LogP contribution in [0.5, 0.6) is 0 Å². The first-order valence-electron chi connectivity index (χ1n) is 22.4. The second kappa shape index (κ2) is 13.7. The van der Waals surface area contributed by atoms with E-state index in [1.807, 2.05) is 18.2 Å². The molecule has 0 amide bonds. The highest BCUT2D eigenvalue weighted by Crippen LogP contribution is 2.63. The fraction of sp³-hybridized carbons (Fsp3) is 0.0161. The van der Waals surface area contributed by atoms with E-state index in [0.717, 1.165) is 22.3 Å². The maximum Gasteiger partial charge on any atom is 0.164 e. The molecule has 2 aliphatic carbocycles. The SMILES string of the molecule is c1ccc(-c2nc(-c3ccc(-c4cc5c6ccccc6c6ccccc6c5c5ccccc45)cc3)nc(-c3ccc4c(c3)-c3ccccc3C43c4ccccc4-c4ccccc43)n2)cc1. The molecule has 11 aromatic carbocycles. The summed E-state index contributed by atoms with van der Waals surface area (Å²) in [6, 6.07) is 81.5. The summed E-state index contributed by atoms with van der Waals surface area (Å²) in [6.07, 6.45) is 0. The van der Waals surface area contributed by atoms with E-state index in [9.17, 15) is 0 Å². The number of nitrogens with zero attached hydrogens (tertiary/aromatic N) is 3. The van der Waals surface area contributed by atoms with Crippen LogP contribution in [0.25, 0.3) is 111 Å². The summed E-state index contributed by atoms with van der Waals surface area (Å²) in [4.78, 5) is 15.6. The Hall–Kier alpha value is -8.53. The second-order valence-electron chi connectivity index (χ2n) is 17.4. The van der Waals surface area contributed by atoms with Crippen molar-refractivity contribution in [3.63, 3.8) is 0 Å². The van der Waals surface area contributed by atoms with Crippen molar-refractivity contribution in [2.24, 2.45) is 0 Å². The van der Waals surface area contributed by atoms with Gasteiger partial charge in [0.25, 0.3) is 0 Å². The van der Waals surface area contributed by atoms with Crippen LogP contribution in [0.1, 0.15) is 22.3 Å². The van der Waals surface area contributed by atoms with Gasteiger partial charge in [-0.05, 0) is 111 Å². The first-order valence-corrected chi connectivity index (χ1v) is 22.4. The third-order valence-corrected chi connectivity index (χ3v) is 14.1. The lowest BCUT2D eigenvalue weighted by molar-refractivity contribution is 0.794. The molecule has 3 nitrogen and oxygen atoms in total. The molecule has 1 heterocycles. The summed E-state index contributed by atoms with van der Waals surface area (Å²) in [5, 5.41) is 10.1. The van der Waals surface area contributed by atoms with Crippen LogP contribution in [0.4, 0.5) is 0 Å². The molecule has 1 spiro atoms. The molecule has 3 heteroatoms. The molecular weight excluding hydrogens is 787 g/mol. The van der Waals surface area contributed by atoms with E-state index in [2.05, 4.69) is 206 Å². The summed E-state index contributed by atoms with van der Waals surface area (Å²) in [5.74, 6) is 1.92. The van der Waals surface area contributed by atoms with Crippen molar-refractivity contribution in [1.29, 1.82) is 0 Å². The number of hydrogen-bond acceptors (Lipinski definition) is 3. The van der Waals surface area contributed by atoms with Crippen molar-refractivity contribution in [3.8, 4) is 67.5 Å². The van der Waals surface area contributed by atoms with Gasteiger partial charge in [-0.1, -0.05) is 212 Å². The van der Waals surface area contributed by atoms with Crippen LogP contribution in [0.3, 0.4) is 0 Å². The van der Waals surface area contributed by atoms with Crippen molar-refractivity contribution in [3.05, 3.63) is 247 Å². The predicted molar refractivity (Wildman–Crippen MR) is 268 cm³/mol. The van der Waals surface area contributed by atoms with E-state index < -0.39 is 5.41 Å². The third-order valence-electron chi connectivity index (χ3n) is 14.1. The highest BCUT2D eigenvalue weighted by Gasteiger charge is 2.51. The van der Waals surface area contributed by atoms with Gasteiger partial charge in [-0.25, -0.2) is 15.0 Å². The zero-order valence-electron chi connectivity index (χ0n) is 35.2. The number of benzene rings is 11. The van der Waals surface area contributed by atoms with Gasteiger partial charge in [0.1, 0.15) is 0 Å². The van der Waals surface area contributed by atoms with Crippen molar-refractivity contribution in [1.82, 2.24) is 15.0 Å². The lowest BCUT2D eigenvalue weighted by atomic mass is 9.70. The number of aromatic nitrogens is 3. The lowest BCUT2D eigenvalue weighted by Gasteiger charge is -2.30. The first kappa shape index (κ1) is 36.0. The summed E-state index contributed by atoms with van der Waals surface area (Å²) in [6.45, 7) is 0. The van der Waals surface area contributed by atoms with Crippen LogP contribution in [0.15, 0.2) is 224 Å².